The smallest absolute Gasteiger partial charge is 0.251 e. The van der Waals surface area contributed by atoms with Crippen LogP contribution in [-0.4, -0.2) is 36.3 Å². The number of hydrogen-bond acceptors (Lipinski definition) is 4. The summed E-state index contributed by atoms with van der Waals surface area (Å²) in [7, 11) is 0. The lowest BCUT2D eigenvalue weighted by molar-refractivity contribution is -0.114. The summed E-state index contributed by atoms with van der Waals surface area (Å²) in [5.41, 5.74) is 2.34. The predicted octanol–water partition coefficient (Wildman–Crippen LogP) is 3.40. The molecule has 0 aliphatic carbocycles. The molecule has 0 aliphatic heterocycles. The second kappa shape index (κ2) is 11.0. The van der Waals surface area contributed by atoms with Gasteiger partial charge in [-0.15, -0.1) is 0 Å². The van der Waals surface area contributed by atoms with Gasteiger partial charge in [0, 0.05) is 34.6 Å². The van der Waals surface area contributed by atoms with Gasteiger partial charge in [0.1, 0.15) is 0 Å². The van der Waals surface area contributed by atoms with Crippen LogP contribution in [0.2, 0.25) is 0 Å². The molecule has 0 saturated carbocycles. The van der Waals surface area contributed by atoms with Gasteiger partial charge in [-0.2, -0.15) is 0 Å². The Labute approximate surface area is 177 Å². The van der Waals surface area contributed by atoms with Crippen molar-refractivity contribution in [3.05, 3.63) is 59.7 Å². The summed E-state index contributed by atoms with van der Waals surface area (Å²) >= 11 is 0. The second-order valence-electron chi connectivity index (χ2n) is 7.47. The molecular weight excluding hydrogens is 380 g/mol. The molecule has 160 valence electrons. The molecule has 0 spiro atoms. The fraction of sp³-hybridized carbons (Fsp3) is 0.348. The van der Waals surface area contributed by atoms with Gasteiger partial charge >= 0.3 is 0 Å². The maximum absolute atomic E-state index is 12.2. The first kappa shape index (κ1) is 22.9. The zero-order valence-corrected chi connectivity index (χ0v) is 17.9. The van der Waals surface area contributed by atoms with Crippen LogP contribution in [0.1, 0.15) is 54.8 Å². The fourth-order valence-electron chi connectivity index (χ4n) is 2.62. The van der Waals surface area contributed by atoms with Crippen molar-refractivity contribution in [3.8, 4) is 0 Å². The molecule has 0 aromatic heterocycles. The summed E-state index contributed by atoms with van der Waals surface area (Å²) in [5, 5.41) is 11.5. The number of carbonyl (C=O) groups excluding carboxylic acids is 3. The molecule has 2 aromatic rings. The molecule has 0 saturated heterocycles. The van der Waals surface area contributed by atoms with E-state index in [-0.39, 0.29) is 36.3 Å². The minimum absolute atomic E-state index is 0.0347. The van der Waals surface area contributed by atoms with Gasteiger partial charge in [0.2, 0.25) is 5.91 Å². The van der Waals surface area contributed by atoms with Gasteiger partial charge in [0.25, 0.3) is 11.8 Å². The highest BCUT2D eigenvalue weighted by atomic mass is 16.2. The molecule has 2 rings (SSSR count). The molecule has 7 nitrogen and oxygen atoms in total. The lowest BCUT2D eigenvalue weighted by atomic mass is 10.1. The lowest BCUT2D eigenvalue weighted by Gasteiger charge is -2.12. The monoisotopic (exact) mass is 410 g/mol. The minimum atomic E-state index is -0.241. The SMILES string of the molecule is CCC(C)NC(=O)c1ccc(NCC(=O)Nc2cccc(C(=O)NC(C)C)c2)cc1. The largest absolute Gasteiger partial charge is 0.376 e. The molecular formula is C23H30N4O3. The van der Waals surface area contributed by atoms with E-state index < -0.39 is 0 Å². The van der Waals surface area contributed by atoms with E-state index in [9.17, 15) is 14.4 Å². The summed E-state index contributed by atoms with van der Waals surface area (Å²) in [6.45, 7) is 7.80. The number of carbonyl (C=O) groups is 3. The van der Waals surface area contributed by atoms with E-state index in [2.05, 4.69) is 21.3 Å². The number of benzene rings is 2. The Morgan fingerprint density at radius 1 is 0.833 bits per heavy atom. The highest BCUT2D eigenvalue weighted by Crippen LogP contribution is 2.12. The molecule has 0 fully saturated rings. The number of anilines is 2. The Morgan fingerprint density at radius 3 is 2.13 bits per heavy atom. The van der Waals surface area contributed by atoms with Crippen molar-refractivity contribution >= 4 is 29.1 Å². The first-order chi connectivity index (χ1) is 14.3. The molecule has 2 aromatic carbocycles. The molecule has 0 heterocycles. The standard InChI is InChI=1S/C23H30N4O3/c1-5-16(4)26-22(29)17-9-11-19(12-10-17)24-14-21(28)27-20-8-6-7-18(13-20)23(30)25-15(2)3/h6-13,15-16,24H,5,14H2,1-4H3,(H,25,30)(H,26,29)(H,27,28). The van der Waals surface area contributed by atoms with Crippen LogP contribution < -0.4 is 21.3 Å². The van der Waals surface area contributed by atoms with Crippen LogP contribution in [0.3, 0.4) is 0 Å². The zero-order valence-electron chi connectivity index (χ0n) is 17.9. The number of amides is 3. The van der Waals surface area contributed by atoms with E-state index in [1.807, 2.05) is 27.7 Å². The molecule has 4 N–H and O–H groups in total. The van der Waals surface area contributed by atoms with Gasteiger partial charge in [-0.3, -0.25) is 14.4 Å². The molecule has 3 amide bonds. The number of nitrogens with one attached hydrogen (secondary N) is 4. The maximum Gasteiger partial charge on any atom is 0.251 e. The molecule has 0 bridgehead atoms. The summed E-state index contributed by atoms with van der Waals surface area (Å²) in [5.74, 6) is -0.540. The molecule has 0 aliphatic rings. The van der Waals surface area contributed by atoms with Gasteiger partial charge in [-0.25, -0.2) is 0 Å². The number of hydrogen-bond donors (Lipinski definition) is 4. The Hall–Kier alpha value is -3.35. The number of rotatable bonds is 9. The third-order valence-corrected chi connectivity index (χ3v) is 4.42. The highest BCUT2D eigenvalue weighted by Gasteiger charge is 2.10. The van der Waals surface area contributed by atoms with Crippen molar-refractivity contribution < 1.29 is 14.4 Å². The van der Waals surface area contributed by atoms with E-state index >= 15 is 0 Å². The fourth-order valence-corrected chi connectivity index (χ4v) is 2.62. The molecule has 30 heavy (non-hydrogen) atoms. The Kier molecular flexibility index (Phi) is 8.41. The van der Waals surface area contributed by atoms with Crippen molar-refractivity contribution in [1.29, 1.82) is 0 Å². The minimum Gasteiger partial charge on any atom is -0.376 e. The topological polar surface area (TPSA) is 99.3 Å². The average molecular weight is 411 g/mol. The molecule has 1 atom stereocenters. The van der Waals surface area contributed by atoms with Gasteiger partial charge in [-0.05, 0) is 69.7 Å². The third-order valence-electron chi connectivity index (χ3n) is 4.42. The van der Waals surface area contributed by atoms with Crippen molar-refractivity contribution in [3.63, 3.8) is 0 Å². The average Bonchev–Trinajstić information content (AvgIpc) is 2.72. The Balaban J connectivity index is 1.87. The van der Waals surface area contributed by atoms with E-state index in [1.165, 1.54) is 0 Å². The third kappa shape index (κ3) is 7.24. The predicted molar refractivity (Wildman–Crippen MR) is 120 cm³/mol. The second-order valence-corrected chi connectivity index (χ2v) is 7.47. The van der Waals surface area contributed by atoms with Crippen molar-refractivity contribution in [2.24, 2.45) is 0 Å². The Morgan fingerprint density at radius 2 is 1.50 bits per heavy atom. The van der Waals surface area contributed by atoms with Gasteiger partial charge < -0.3 is 21.3 Å². The van der Waals surface area contributed by atoms with Gasteiger partial charge in [0.15, 0.2) is 0 Å². The van der Waals surface area contributed by atoms with Crippen molar-refractivity contribution in [1.82, 2.24) is 10.6 Å². The summed E-state index contributed by atoms with van der Waals surface area (Å²) < 4.78 is 0. The quantitative estimate of drug-likeness (QED) is 0.509. The zero-order chi connectivity index (χ0) is 22.1. The van der Waals surface area contributed by atoms with Crippen LogP contribution in [0.5, 0.6) is 0 Å². The summed E-state index contributed by atoms with van der Waals surface area (Å²) in [4.78, 5) is 36.4. The molecule has 7 heteroatoms. The van der Waals surface area contributed by atoms with Crippen LogP contribution in [0.4, 0.5) is 11.4 Å². The van der Waals surface area contributed by atoms with Crippen LogP contribution in [0.25, 0.3) is 0 Å². The van der Waals surface area contributed by atoms with Crippen molar-refractivity contribution in [2.45, 2.75) is 46.2 Å². The maximum atomic E-state index is 12.2. The van der Waals surface area contributed by atoms with Gasteiger partial charge in [0.05, 0.1) is 6.54 Å². The van der Waals surface area contributed by atoms with E-state index in [4.69, 9.17) is 0 Å². The first-order valence-corrected chi connectivity index (χ1v) is 10.1. The van der Waals surface area contributed by atoms with E-state index in [1.54, 1.807) is 48.5 Å². The normalized spacial score (nSPS) is 11.5. The van der Waals surface area contributed by atoms with Crippen LogP contribution in [0, 0.1) is 0 Å². The summed E-state index contributed by atoms with van der Waals surface area (Å²) in [6.07, 6.45) is 0.867. The van der Waals surface area contributed by atoms with Crippen LogP contribution >= 0.6 is 0 Å². The summed E-state index contributed by atoms with van der Waals surface area (Å²) in [6, 6.07) is 13.9. The highest BCUT2D eigenvalue weighted by molar-refractivity contribution is 5.98. The van der Waals surface area contributed by atoms with E-state index in [0.29, 0.717) is 16.8 Å². The molecule has 1 unspecified atom stereocenters. The van der Waals surface area contributed by atoms with E-state index in [0.717, 1.165) is 12.1 Å². The lowest BCUT2D eigenvalue weighted by Crippen LogP contribution is -2.31. The Bertz CT molecular complexity index is 878. The van der Waals surface area contributed by atoms with Gasteiger partial charge in [-0.1, -0.05) is 13.0 Å². The van der Waals surface area contributed by atoms with Crippen LogP contribution in [0.15, 0.2) is 48.5 Å². The molecule has 0 radical (unpaired) electrons. The van der Waals surface area contributed by atoms with Crippen molar-refractivity contribution in [2.75, 3.05) is 17.2 Å². The first-order valence-electron chi connectivity index (χ1n) is 10.1. The van der Waals surface area contributed by atoms with Crippen LogP contribution in [-0.2, 0) is 4.79 Å².